The van der Waals surface area contributed by atoms with E-state index in [1.54, 1.807) is 11.8 Å². The highest BCUT2D eigenvalue weighted by atomic mass is 32.2. The molecule has 0 radical (unpaired) electrons. The summed E-state index contributed by atoms with van der Waals surface area (Å²) in [5.41, 5.74) is 5.70. The van der Waals surface area contributed by atoms with E-state index in [9.17, 15) is 0 Å². The highest BCUT2D eigenvalue weighted by Crippen LogP contribution is 2.04. The van der Waals surface area contributed by atoms with Gasteiger partial charge in [-0.15, -0.1) is 0 Å². The molecule has 0 bridgehead atoms. The third-order valence-electron chi connectivity index (χ3n) is 1.44. The Balaban J connectivity index is 3.32. The molecule has 66 valence electrons. The molecule has 0 aliphatic heterocycles. The lowest BCUT2D eigenvalue weighted by Crippen LogP contribution is -2.19. The fourth-order valence-electron chi connectivity index (χ4n) is 0.658. The van der Waals surface area contributed by atoms with Crippen molar-refractivity contribution in [2.45, 2.75) is 26.2 Å². The van der Waals surface area contributed by atoms with Crippen LogP contribution in [-0.2, 0) is 0 Å². The van der Waals surface area contributed by atoms with E-state index in [0.717, 1.165) is 10.9 Å². The molecular formula is C8H19N2S+. The lowest BCUT2D eigenvalue weighted by atomic mass is 10.3. The molecule has 0 aliphatic carbocycles. The van der Waals surface area contributed by atoms with Gasteiger partial charge in [0.15, 0.2) is 0 Å². The molecule has 2 nitrogen and oxygen atoms in total. The van der Waals surface area contributed by atoms with Crippen molar-refractivity contribution in [2.24, 2.45) is 5.73 Å². The second kappa shape index (κ2) is 6.53. The van der Waals surface area contributed by atoms with Gasteiger partial charge in [0.25, 0.3) is 0 Å². The number of hydrogen-bond acceptors (Lipinski definition) is 1. The van der Waals surface area contributed by atoms with Crippen molar-refractivity contribution < 1.29 is 4.58 Å². The molecule has 0 spiro atoms. The monoisotopic (exact) mass is 175 g/mol. The summed E-state index contributed by atoms with van der Waals surface area (Å²) < 4.78 is 1.95. The van der Waals surface area contributed by atoms with Crippen LogP contribution in [0.4, 0.5) is 0 Å². The van der Waals surface area contributed by atoms with Crippen molar-refractivity contribution in [1.29, 1.82) is 0 Å². The van der Waals surface area contributed by atoms with Crippen LogP contribution < -0.4 is 5.73 Å². The minimum Gasteiger partial charge on any atom is -0.281 e. The molecule has 0 amide bonds. The topological polar surface area (TPSA) is 29.0 Å². The van der Waals surface area contributed by atoms with Crippen molar-refractivity contribution in [3.05, 3.63) is 0 Å². The van der Waals surface area contributed by atoms with Gasteiger partial charge in [0.05, 0.1) is 14.1 Å². The van der Waals surface area contributed by atoms with Gasteiger partial charge >= 0.3 is 5.17 Å². The average Bonchev–Trinajstić information content (AvgIpc) is 1.97. The molecule has 0 saturated heterocycles. The lowest BCUT2D eigenvalue weighted by molar-refractivity contribution is -0.462. The third-order valence-corrected chi connectivity index (χ3v) is 2.59. The van der Waals surface area contributed by atoms with Gasteiger partial charge < -0.3 is 0 Å². The van der Waals surface area contributed by atoms with Crippen LogP contribution in [0.1, 0.15) is 26.2 Å². The molecule has 0 aromatic rings. The number of rotatable bonds is 4. The van der Waals surface area contributed by atoms with Gasteiger partial charge in [0, 0.05) is 5.75 Å². The van der Waals surface area contributed by atoms with Gasteiger partial charge in [0.2, 0.25) is 0 Å². The second-order valence-electron chi connectivity index (χ2n) is 2.79. The largest absolute Gasteiger partial charge is 0.303 e. The van der Waals surface area contributed by atoms with Gasteiger partial charge in [0.1, 0.15) is 0 Å². The molecule has 3 heteroatoms. The standard InChI is InChI=1S/C8H18N2S/c1-4-5-6-7-11-8(9)10(2)3/h9H,4-7H2,1-3H3/p+1. The fraction of sp³-hybridized carbons (Fsp3) is 0.875. The van der Waals surface area contributed by atoms with Crippen molar-refractivity contribution in [3.63, 3.8) is 0 Å². The Morgan fingerprint density at radius 2 is 2.00 bits per heavy atom. The predicted octanol–water partition coefficient (Wildman–Crippen LogP) is 1.50. The summed E-state index contributed by atoms with van der Waals surface area (Å²) in [4.78, 5) is 0. The summed E-state index contributed by atoms with van der Waals surface area (Å²) in [6.07, 6.45) is 3.87. The fourth-order valence-corrected chi connectivity index (χ4v) is 1.47. The Morgan fingerprint density at radius 3 is 2.45 bits per heavy atom. The Bertz CT molecular complexity index is 128. The molecule has 0 atom stereocenters. The Kier molecular flexibility index (Phi) is 6.42. The minimum absolute atomic E-state index is 0.918. The summed E-state index contributed by atoms with van der Waals surface area (Å²) in [7, 11) is 3.95. The highest BCUT2D eigenvalue weighted by Gasteiger charge is 1.99. The van der Waals surface area contributed by atoms with Crippen LogP contribution in [0, 0.1) is 0 Å². The molecule has 0 heterocycles. The number of amidine groups is 1. The van der Waals surface area contributed by atoms with Crippen LogP contribution in [0.25, 0.3) is 0 Å². The number of unbranched alkanes of at least 4 members (excludes halogenated alkanes) is 2. The van der Waals surface area contributed by atoms with Crippen molar-refractivity contribution in [3.8, 4) is 0 Å². The average molecular weight is 175 g/mol. The van der Waals surface area contributed by atoms with Crippen LogP contribution in [-0.4, -0.2) is 29.6 Å². The van der Waals surface area contributed by atoms with Crippen molar-refractivity contribution in [2.75, 3.05) is 19.8 Å². The molecule has 0 aromatic heterocycles. The molecule has 0 fully saturated rings. The maximum Gasteiger partial charge on any atom is 0.303 e. The maximum atomic E-state index is 5.70. The first-order chi connectivity index (χ1) is 5.18. The van der Waals surface area contributed by atoms with E-state index in [4.69, 9.17) is 5.73 Å². The van der Waals surface area contributed by atoms with Crippen LogP contribution in [0.3, 0.4) is 0 Å². The van der Waals surface area contributed by atoms with Gasteiger partial charge in [-0.2, -0.15) is 0 Å². The Hall–Kier alpha value is -0.180. The van der Waals surface area contributed by atoms with E-state index in [1.165, 1.54) is 19.3 Å². The molecular weight excluding hydrogens is 156 g/mol. The van der Waals surface area contributed by atoms with Gasteiger partial charge in [-0.3, -0.25) is 10.3 Å². The van der Waals surface area contributed by atoms with E-state index >= 15 is 0 Å². The summed E-state index contributed by atoms with van der Waals surface area (Å²) in [6.45, 7) is 2.21. The summed E-state index contributed by atoms with van der Waals surface area (Å²) in [5, 5.41) is 0.918. The van der Waals surface area contributed by atoms with E-state index in [1.807, 2.05) is 18.7 Å². The number of nitrogens with zero attached hydrogens (tertiary/aromatic N) is 1. The molecule has 0 rings (SSSR count). The first-order valence-electron chi connectivity index (χ1n) is 4.11. The molecule has 2 N–H and O–H groups in total. The van der Waals surface area contributed by atoms with Gasteiger partial charge in [-0.05, 0) is 18.2 Å². The van der Waals surface area contributed by atoms with E-state index < -0.39 is 0 Å². The normalized spacial score (nSPS) is 9.73. The maximum absolute atomic E-state index is 5.70. The van der Waals surface area contributed by atoms with Gasteiger partial charge in [-0.1, -0.05) is 19.8 Å². The number of nitrogens with two attached hydrogens (primary N) is 1. The van der Waals surface area contributed by atoms with Crippen molar-refractivity contribution >= 4 is 16.9 Å². The SMILES string of the molecule is CCCCCSC(N)=[N+](C)C. The van der Waals surface area contributed by atoms with Gasteiger partial charge in [-0.25, -0.2) is 0 Å². The highest BCUT2D eigenvalue weighted by molar-refractivity contribution is 8.13. The smallest absolute Gasteiger partial charge is 0.281 e. The second-order valence-corrected chi connectivity index (χ2v) is 3.90. The van der Waals surface area contributed by atoms with E-state index in [2.05, 4.69) is 6.92 Å². The number of hydrogen-bond donors (Lipinski definition) is 1. The predicted molar refractivity (Wildman–Crippen MR) is 53.3 cm³/mol. The lowest BCUT2D eigenvalue weighted by Gasteiger charge is -1.97. The quantitative estimate of drug-likeness (QED) is 0.304. The third kappa shape index (κ3) is 6.23. The zero-order valence-electron chi connectivity index (χ0n) is 7.76. The molecule has 0 aromatic carbocycles. The summed E-state index contributed by atoms with van der Waals surface area (Å²) in [5.74, 6) is 1.15. The summed E-state index contributed by atoms with van der Waals surface area (Å²) >= 11 is 1.74. The Morgan fingerprint density at radius 1 is 1.36 bits per heavy atom. The zero-order valence-corrected chi connectivity index (χ0v) is 8.58. The molecule has 0 unspecified atom stereocenters. The minimum atomic E-state index is 0.918. The zero-order chi connectivity index (χ0) is 8.69. The molecule has 11 heavy (non-hydrogen) atoms. The summed E-state index contributed by atoms with van der Waals surface area (Å²) in [6, 6.07) is 0. The number of thioether (sulfide) groups is 1. The molecule has 0 aliphatic rings. The Labute approximate surface area is 73.9 Å². The van der Waals surface area contributed by atoms with Crippen LogP contribution in [0.15, 0.2) is 0 Å². The van der Waals surface area contributed by atoms with Crippen LogP contribution in [0.2, 0.25) is 0 Å². The first kappa shape index (κ1) is 10.8. The van der Waals surface area contributed by atoms with Crippen LogP contribution in [0.5, 0.6) is 0 Å². The van der Waals surface area contributed by atoms with E-state index in [-0.39, 0.29) is 0 Å². The van der Waals surface area contributed by atoms with Crippen molar-refractivity contribution in [1.82, 2.24) is 0 Å². The van der Waals surface area contributed by atoms with Crippen LogP contribution >= 0.6 is 11.8 Å². The van der Waals surface area contributed by atoms with E-state index in [0.29, 0.717) is 0 Å². The molecule has 0 saturated carbocycles. The first-order valence-corrected chi connectivity index (χ1v) is 5.09.